The van der Waals surface area contributed by atoms with Crippen LogP contribution in [0.3, 0.4) is 0 Å². The summed E-state index contributed by atoms with van der Waals surface area (Å²) in [7, 11) is 0. The normalized spacial score (nSPS) is 13.7. The number of rotatable bonds is 6. The minimum atomic E-state index is -4.46. The zero-order chi connectivity index (χ0) is 22.0. The molecule has 8 heteroatoms. The second kappa shape index (κ2) is 8.37. The van der Waals surface area contributed by atoms with Gasteiger partial charge in [-0.1, -0.05) is 12.1 Å². The zero-order valence-corrected chi connectivity index (χ0v) is 16.3. The minimum absolute atomic E-state index is 0.0167. The molecule has 4 rings (SSSR count). The van der Waals surface area contributed by atoms with Crippen LogP contribution in [0.15, 0.2) is 66.9 Å². The van der Waals surface area contributed by atoms with Gasteiger partial charge in [0.05, 0.1) is 5.56 Å². The van der Waals surface area contributed by atoms with Gasteiger partial charge in [-0.15, -0.1) is 0 Å². The van der Waals surface area contributed by atoms with Crippen molar-refractivity contribution in [2.75, 3.05) is 0 Å². The second-order valence-corrected chi connectivity index (χ2v) is 7.30. The third kappa shape index (κ3) is 5.20. The molecule has 1 fully saturated rings. The Kier molecular flexibility index (Phi) is 5.63. The van der Waals surface area contributed by atoms with Gasteiger partial charge in [0.15, 0.2) is 0 Å². The molecule has 0 saturated heterocycles. The van der Waals surface area contributed by atoms with E-state index in [1.54, 1.807) is 41.3 Å². The van der Waals surface area contributed by atoms with Crippen molar-refractivity contribution >= 4 is 5.91 Å². The maximum absolute atomic E-state index is 13.1. The quantitative estimate of drug-likeness (QED) is 0.462. The van der Waals surface area contributed by atoms with E-state index in [0.717, 1.165) is 30.5 Å². The van der Waals surface area contributed by atoms with Crippen molar-refractivity contribution in [1.29, 1.82) is 0 Å². The lowest BCUT2D eigenvalue weighted by Gasteiger charge is -2.23. The van der Waals surface area contributed by atoms with Crippen LogP contribution in [0.2, 0.25) is 0 Å². The zero-order valence-electron chi connectivity index (χ0n) is 16.3. The predicted molar refractivity (Wildman–Crippen MR) is 105 cm³/mol. The molecular formula is C23H18F4N2O2. The molecule has 0 radical (unpaired) electrons. The largest absolute Gasteiger partial charge is 0.439 e. The Bertz CT molecular complexity index is 1040. The van der Waals surface area contributed by atoms with Gasteiger partial charge in [0, 0.05) is 30.4 Å². The molecule has 4 nitrogen and oxygen atoms in total. The van der Waals surface area contributed by atoms with E-state index in [0.29, 0.717) is 24.1 Å². The number of halogens is 4. The number of carbonyl (C=O) groups is 1. The van der Waals surface area contributed by atoms with Gasteiger partial charge in [-0.25, -0.2) is 9.37 Å². The summed E-state index contributed by atoms with van der Waals surface area (Å²) in [6, 6.07) is 14.6. The molecule has 31 heavy (non-hydrogen) atoms. The lowest BCUT2D eigenvalue weighted by molar-refractivity contribution is -0.137. The first-order valence-corrected chi connectivity index (χ1v) is 9.66. The Morgan fingerprint density at radius 1 is 1.00 bits per heavy atom. The number of alkyl halides is 3. The van der Waals surface area contributed by atoms with E-state index < -0.39 is 11.7 Å². The first kappa shape index (κ1) is 20.8. The van der Waals surface area contributed by atoms with Gasteiger partial charge in [0.25, 0.3) is 5.91 Å². The molecule has 1 aliphatic carbocycles. The van der Waals surface area contributed by atoms with Crippen molar-refractivity contribution in [2.45, 2.75) is 31.6 Å². The number of benzene rings is 2. The Morgan fingerprint density at radius 2 is 1.68 bits per heavy atom. The Hall–Kier alpha value is -3.42. The van der Waals surface area contributed by atoms with Crippen LogP contribution in [-0.2, 0) is 12.7 Å². The summed E-state index contributed by atoms with van der Waals surface area (Å²) in [5.41, 5.74) is 0.443. The first-order chi connectivity index (χ1) is 14.8. The van der Waals surface area contributed by atoms with E-state index in [1.165, 1.54) is 12.1 Å². The monoisotopic (exact) mass is 430 g/mol. The van der Waals surface area contributed by atoms with Gasteiger partial charge in [-0.2, -0.15) is 13.2 Å². The number of ether oxygens (including phenoxy) is 1. The number of amides is 1. The lowest BCUT2D eigenvalue weighted by Crippen LogP contribution is -2.32. The number of nitrogens with zero attached hydrogens (tertiary/aromatic N) is 2. The highest BCUT2D eigenvalue weighted by Crippen LogP contribution is 2.31. The van der Waals surface area contributed by atoms with Crippen LogP contribution in [0.1, 0.15) is 34.3 Å². The predicted octanol–water partition coefficient (Wildman–Crippen LogP) is 5.84. The molecule has 0 atom stereocenters. The standard InChI is InChI=1S/C23H18F4N2O2/c24-18-6-1-15(2-7-18)14-29(19-8-9-19)22(30)16-3-10-20(11-4-16)31-21-12-5-17(13-28-21)23(25,26)27/h1-7,10-13,19H,8-9,14H2. The summed E-state index contributed by atoms with van der Waals surface area (Å²) >= 11 is 0. The smallest absolute Gasteiger partial charge is 0.417 e. The molecule has 3 aromatic rings. The molecule has 1 saturated carbocycles. The highest BCUT2D eigenvalue weighted by molar-refractivity contribution is 5.94. The fourth-order valence-corrected chi connectivity index (χ4v) is 3.10. The SMILES string of the molecule is O=C(c1ccc(Oc2ccc(C(F)(F)F)cn2)cc1)N(Cc1ccc(F)cc1)C1CC1. The van der Waals surface area contributed by atoms with Crippen molar-refractivity contribution < 1.29 is 27.1 Å². The summed E-state index contributed by atoms with van der Waals surface area (Å²) in [6.07, 6.45) is -1.91. The number of hydrogen-bond donors (Lipinski definition) is 0. The maximum Gasteiger partial charge on any atom is 0.417 e. The Labute approximate surface area is 176 Å². The van der Waals surface area contributed by atoms with Crippen LogP contribution >= 0.6 is 0 Å². The molecule has 0 N–H and O–H groups in total. The summed E-state index contributed by atoms with van der Waals surface area (Å²) in [4.78, 5) is 18.4. The first-order valence-electron chi connectivity index (χ1n) is 9.66. The number of pyridine rings is 1. The minimum Gasteiger partial charge on any atom is -0.439 e. The molecule has 0 unspecified atom stereocenters. The van der Waals surface area contributed by atoms with Gasteiger partial charge < -0.3 is 9.64 Å². The summed E-state index contributed by atoms with van der Waals surface area (Å²) in [6.45, 7) is 0.386. The summed E-state index contributed by atoms with van der Waals surface area (Å²) in [5.74, 6) is -0.111. The van der Waals surface area contributed by atoms with Gasteiger partial charge >= 0.3 is 6.18 Å². The van der Waals surface area contributed by atoms with E-state index in [1.807, 2.05) is 0 Å². The van der Waals surface area contributed by atoms with Crippen molar-refractivity contribution in [3.8, 4) is 11.6 Å². The highest BCUT2D eigenvalue weighted by Gasteiger charge is 2.33. The molecule has 1 aromatic heterocycles. The number of aromatic nitrogens is 1. The van der Waals surface area contributed by atoms with Crippen molar-refractivity contribution in [1.82, 2.24) is 9.88 Å². The molecule has 0 bridgehead atoms. The van der Waals surface area contributed by atoms with E-state index >= 15 is 0 Å². The molecule has 1 aliphatic rings. The van der Waals surface area contributed by atoms with E-state index in [4.69, 9.17) is 4.74 Å². The van der Waals surface area contributed by atoms with Crippen molar-refractivity contribution in [3.63, 3.8) is 0 Å². The molecule has 1 amide bonds. The Morgan fingerprint density at radius 3 is 2.23 bits per heavy atom. The molecule has 0 aliphatic heterocycles. The van der Waals surface area contributed by atoms with E-state index in [9.17, 15) is 22.4 Å². The highest BCUT2D eigenvalue weighted by atomic mass is 19.4. The molecule has 2 aromatic carbocycles. The maximum atomic E-state index is 13.1. The van der Waals surface area contributed by atoms with Crippen molar-refractivity contribution in [3.05, 3.63) is 89.4 Å². The Balaban J connectivity index is 1.43. The molecule has 160 valence electrons. The lowest BCUT2D eigenvalue weighted by atomic mass is 10.1. The van der Waals surface area contributed by atoms with Crippen LogP contribution in [0.4, 0.5) is 17.6 Å². The average molecular weight is 430 g/mol. The average Bonchev–Trinajstić information content (AvgIpc) is 3.58. The van der Waals surface area contributed by atoms with Crippen LogP contribution in [0.5, 0.6) is 11.6 Å². The van der Waals surface area contributed by atoms with Gasteiger partial charge in [-0.3, -0.25) is 4.79 Å². The number of carbonyl (C=O) groups excluding carboxylic acids is 1. The fraction of sp³-hybridized carbons (Fsp3) is 0.217. The summed E-state index contributed by atoms with van der Waals surface area (Å²) in [5, 5.41) is 0. The topological polar surface area (TPSA) is 42.4 Å². The fourth-order valence-electron chi connectivity index (χ4n) is 3.10. The summed E-state index contributed by atoms with van der Waals surface area (Å²) < 4.78 is 56.5. The number of hydrogen-bond acceptors (Lipinski definition) is 3. The third-order valence-electron chi connectivity index (χ3n) is 4.90. The van der Waals surface area contributed by atoms with Crippen LogP contribution in [0.25, 0.3) is 0 Å². The van der Waals surface area contributed by atoms with Crippen LogP contribution in [0, 0.1) is 5.82 Å². The van der Waals surface area contributed by atoms with Crippen LogP contribution < -0.4 is 4.74 Å². The van der Waals surface area contributed by atoms with E-state index in [-0.39, 0.29) is 23.6 Å². The second-order valence-electron chi connectivity index (χ2n) is 7.30. The third-order valence-corrected chi connectivity index (χ3v) is 4.90. The molecule has 1 heterocycles. The van der Waals surface area contributed by atoms with Gasteiger partial charge in [0.1, 0.15) is 11.6 Å². The van der Waals surface area contributed by atoms with Gasteiger partial charge in [-0.05, 0) is 60.9 Å². The van der Waals surface area contributed by atoms with Crippen molar-refractivity contribution in [2.24, 2.45) is 0 Å². The van der Waals surface area contributed by atoms with Gasteiger partial charge in [0.2, 0.25) is 5.88 Å². The van der Waals surface area contributed by atoms with Crippen LogP contribution in [-0.4, -0.2) is 21.8 Å². The van der Waals surface area contributed by atoms with E-state index in [2.05, 4.69) is 4.98 Å². The molecule has 0 spiro atoms. The molecular weight excluding hydrogens is 412 g/mol.